The summed E-state index contributed by atoms with van der Waals surface area (Å²) in [6.07, 6.45) is 5.55. The largest absolute Gasteiger partial charge is 0.207 e. The first-order chi connectivity index (χ1) is 14.6. The topological polar surface area (TPSA) is 0 Å². The molecule has 0 unspecified atom stereocenters. The standard InChI is InChI=1S/C26H26Cl2F2/c1-2-3-4-5-6-20-15-21(16-27)25(18-7-11-22(29)12-8-18)26(24(20)17-28)19-9-13-23(30)14-10-19/h7-15H,2-6,16-17H2,1H3. The predicted octanol–water partition coefficient (Wildman–Crippen LogP) is 8.90. The van der Waals surface area contributed by atoms with Crippen molar-refractivity contribution in [1.29, 1.82) is 0 Å². The Labute approximate surface area is 187 Å². The maximum Gasteiger partial charge on any atom is 0.123 e. The van der Waals surface area contributed by atoms with Gasteiger partial charge in [0.1, 0.15) is 11.6 Å². The second-order valence-electron chi connectivity index (χ2n) is 7.52. The third-order valence-electron chi connectivity index (χ3n) is 5.45. The van der Waals surface area contributed by atoms with Crippen LogP contribution in [0.15, 0.2) is 54.6 Å². The first kappa shape index (κ1) is 22.8. The SMILES string of the molecule is CCCCCCc1cc(CCl)c(-c2ccc(F)cc2)c(-c2ccc(F)cc2)c1CCl. The van der Waals surface area contributed by atoms with Crippen molar-refractivity contribution < 1.29 is 8.78 Å². The van der Waals surface area contributed by atoms with Gasteiger partial charge in [0.2, 0.25) is 0 Å². The smallest absolute Gasteiger partial charge is 0.123 e. The lowest BCUT2D eigenvalue weighted by Crippen LogP contribution is -2.03. The zero-order chi connectivity index (χ0) is 21.5. The van der Waals surface area contributed by atoms with Gasteiger partial charge < -0.3 is 0 Å². The highest BCUT2D eigenvalue weighted by atomic mass is 35.5. The Bertz CT molecular complexity index is 964. The lowest BCUT2D eigenvalue weighted by atomic mass is 9.84. The van der Waals surface area contributed by atoms with Gasteiger partial charge in [-0.3, -0.25) is 0 Å². The van der Waals surface area contributed by atoms with Crippen LogP contribution in [-0.2, 0) is 18.2 Å². The van der Waals surface area contributed by atoms with Gasteiger partial charge in [-0.25, -0.2) is 8.78 Å². The normalized spacial score (nSPS) is 11.1. The molecule has 0 aliphatic heterocycles. The molecule has 0 saturated heterocycles. The molecule has 0 heterocycles. The fraction of sp³-hybridized carbons (Fsp3) is 0.308. The molecule has 0 saturated carbocycles. The summed E-state index contributed by atoms with van der Waals surface area (Å²) >= 11 is 12.9. The third-order valence-corrected chi connectivity index (χ3v) is 6.01. The lowest BCUT2D eigenvalue weighted by molar-refractivity contribution is 0.627. The van der Waals surface area contributed by atoms with Gasteiger partial charge in [0, 0.05) is 11.8 Å². The van der Waals surface area contributed by atoms with Crippen molar-refractivity contribution in [1.82, 2.24) is 0 Å². The molecule has 4 heteroatoms. The van der Waals surface area contributed by atoms with Crippen LogP contribution in [0.25, 0.3) is 22.3 Å². The summed E-state index contributed by atoms with van der Waals surface area (Å²) in [7, 11) is 0. The summed E-state index contributed by atoms with van der Waals surface area (Å²) in [6.45, 7) is 2.19. The highest BCUT2D eigenvalue weighted by Crippen LogP contribution is 2.41. The maximum absolute atomic E-state index is 13.6. The predicted molar refractivity (Wildman–Crippen MR) is 124 cm³/mol. The molecule has 0 bridgehead atoms. The molecule has 0 fully saturated rings. The Kier molecular flexibility index (Phi) is 8.30. The summed E-state index contributed by atoms with van der Waals surface area (Å²) < 4.78 is 27.2. The Hall–Kier alpha value is -1.90. The zero-order valence-electron chi connectivity index (χ0n) is 17.2. The van der Waals surface area contributed by atoms with E-state index in [4.69, 9.17) is 23.2 Å². The van der Waals surface area contributed by atoms with Gasteiger partial charge in [0.25, 0.3) is 0 Å². The first-order valence-corrected chi connectivity index (χ1v) is 11.5. The number of halogens is 4. The Morgan fingerprint density at radius 3 is 1.73 bits per heavy atom. The minimum Gasteiger partial charge on any atom is -0.207 e. The third kappa shape index (κ3) is 5.22. The van der Waals surface area contributed by atoms with Gasteiger partial charge >= 0.3 is 0 Å². The van der Waals surface area contributed by atoms with Crippen molar-refractivity contribution in [2.75, 3.05) is 0 Å². The average Bonchev–Trinajstić information content (AvgIpc) is 2.77. The van der Waals surface area contributed by atoms with Crippen LogP contribution >= 0.6 is 23.2 Å². The molecule has 158 valence electrons. The van der Waals surface area contributed by atoms with Crippen molar-refractivity contribution in [3.8, 4) is 22.3 Å². The number of alkyl halides is 2. The van der Waals surface area contributed by atoms with E-state index in [9.17, 15) is 8.78 Å². The van der Waals surface area contributed by atoms with Crippen molar-refractivity contribution in [3.05, 3.63) is 82.9 Å². The highest BCUT2D eigenvalue weighted by Gasteiger charge is 2.20. The van der Waals surface area contributed by atoms with Crippen LogP contribution in [0.4, 0.5) is 8.78 Å². The summed E-state index contributed by atoms with van der Waals surface area (Å²) in [5.41, 5.74) is 6.84. The molecule has 3 rings (SSSR count). The molecule has 0 aliphatic rings. The first-order valence-electron chi connectivity index (χ1n) is 10.4. The quantitative estimate of drug-likeness (QED) is 0.227. The van der Waals surface area contributed by atoms with E-state index in [2.05, 4.69) is 13.0 Å². The van der Waals surface area contributed by atoms with E-state index in [-0.39, 0.29) is 11.6 Å². The van der Waals surface area contributed by atoms with Gasteiger partial charge in [-0.15, -0.1) is 23.2 Å². The minimum absolute atomic E-state index is 0.289. The lowest BCUT2D eigenvalue weighted by Gasteiger charge is -2.22. The molecule has 0 atom stereocenters. The Balaban J connectivity index is 2.23. The number of aryl methyl sites for hydroxylation is 1. The highest BCUT2D eigenvalue weighted by molar-refractivity contribution is 6.19. The van der Waals surface area contributed by atoms with Gasteiger partial charge in [0.05, 0.1) is 0 Å². The number of hydrogen-bond acceptors (Lipinski definition) is 0. The molecule has 3 aromatic rings. The van der Waals surface area contributed by atoms with Gasteiger partial charge in [-0.2, -0.15) is 0 Å². The molecule has 0 radical (unpaired) electrons. The van der Waals surface area contributed by atoms with Gasteiger partial charge in [-0.05, 0) is 76.1 Å². The van der Waals surface area contributed by atoms with E-state index in [0.717, 1.165) is 46.2 Å². The van der Waals surface area contributed by atoms with Gasteiger partial charge in [-0.1, -0.05) is 56.5 Å². The van der Waals surface area contributed by atoms with Crippen molar-refractivity contribution in [2.24, 2.45) is 0 Å². The van der Waals surface area contributed by atoms with Gasteiger partial charge in [0.15, 0.2) is 0 Å². The second-order valence-corrected chi connectivity index (χ2v) is 8.05. The molecule has 0 N–H and O–H groups in total. The van der Waals surface area contributed by atoms with E-state index in [0.29, 0.717) is 11.8 Å². The molecule has 0 aromatic heterocycles. The van der Waals surface area contributed by atoms with Crippen LogP contribution in [0.3, 0.4) is 0 Å². The van der Waals surface area contributed by atoms with E-state index in [1.165, 1.54) is 49.1 Å². The molecular weight excluding hydrogens is 421 g/mol. The minimum atomic E-state index is -0.292. The second kappa shape index (κ2) is 10.9. The molecule has 3 aromatic carbocycles. The van der Waals surface area contributed by atoms with E-state index < -0.39 is 0 Å². The van der Waals surface area contributed by atoms with E-state index in [1.54, 1.807) is 24.3 Å². The number of hydrogen-bond donors (Lipinski definition) is 0. The summed E-state index contributed by atoms with van der Waals surface area (Å²) in [5, 5.41) is 0. The van der Waals surface area contributed by atoms with Crippen LogP contribution in [0.5, 0.6) is 0 Å². The van der Waals surface area contributed by atoms with Crippen molar-refractivity contribution >= 4 is 23.2 Å². The van der Waals surface area contributed by atoms with E-state index in [1.807, 2.05) is 0 Å². The van der Waals surface area contributed by atoms with Crippen LogP contribution < -0.4 is 0 Å². The fourth-order valence-electron chi connectivity index (χ4n) is 3.95. The van der Waals surface area contributed by atoms with E-state index >= 15 is 0 Å². The van der Waals surface area contributed by atoms with Crippen LogP contribution in [0, 0.1) is 11.6 Å². The summed E-state index contributed by atoms with van der Waals surface area (Å²) in [6, 6.07) is 15.0. The summed E-state index contributed by atoms with van der Waals surface area (Å²) in [5.74, 6) is 0.0836. The molecular formula is C26H26Cl2F2. The zero-order valence-corrected chi connectivity index (χ0v) is 18.7. The molecule has 0 spiro atoms. The number of rotatable bonds is 9. The monoisotopic (exact) mass is 446 g/mol. The molecule has 0 aliphatic carbocycles. The van der Waals surface area contributed by atoms with Crippen LogP contribution in [-0.4, -0.2) is 0 Å². The summed E-state index contributed by atoms with van der Waals surface area (Å²) in [4.78, 5) is 0. The number of benzene rings is 3. The molecule has 0 nitrogen and oxygen atoms in total. The maximum atomic E-state index is 13.6. The number of unbranched alkanes of at least 4 members (excludes halogenated alkanes) is 3. The van der Waals surface area contributed by atoms with Crippen LogP contribution in [0.2, 0.25) is 0 Å². The average molecular weight is 447 g/mol. The van der Waals surface area contributed by atoms with Crippen LogP contribution in [0.1, 0.15) is 49.3 Å². The van der Waals surface area contributed by atoms with Crippen molar-refractivity contribution in [2.45, 2.75) is 50.8 Å². The Morgan fingerprint density at radius 2 is 1.23 bits per heavy atom. The fourth-order valence-corrected chi connectivity index (χ4v) is 4.46. The molecule has 30 heavy (non-hydrogen) atoms. The Morgan fingerprint density at radius 1 is 0.667 bits per heavy atom. The van der Waals surface area contributed by atoms with Crippen molar-refractivity contribution in [3.63, 3.8) is 0 Å². The molecule has 0 amide bonds.